The molecule has 1 aliphatic rings. The Labute approximate surface area is 104 Å². The first-order chi connectivity index (χ1) is 7.53. The fraction of sp³-hybridized carbons (Fsp3) is 0.923. The van der Waals surface area contributed by atoms with E-state index >= 15 is 0 Å². The lowest BCUT2D eigenvalue weighted by atomic mass is 9.82. The van der Waals surface area contributed by atoms with Crippen LogP contribution in [0, 0.1) is 11.3 Å². The van der Waals surface area contributed by atoms with E-state index in [0.29, 0.717) is 11.8 Å². The first-order valence-corrected chi connectivity index (χ1v) is 6.89. The van der Waals surface area contributed by atoms with Gasteiger partial charge in [0.25, 0.3) is 0 Å². The van der Waals surface area contributed by atoms with Crippen molar-refractivity contribution in [3.05, 3.63) is 0 Å². The fourth-order valence-electron chi connectivity index (χ4n) is 2.00. The number of carbonyl (C=O) groups excluding carboxylic acids is 1. The number of hydrogen-bond donors (Lipinski definition) is 1. The Morgan fingerprint density at radius 1 is 1.44 bits per heavy atom. The molecular formula is C13H24ClNO. The number of amides is 1. The Balaban J connectivity index is 2.13. The molecule has 0 aromatic rings. The highest BCUT2D eigenvalue weighted by molar-refractivity contribution is 6.17. The molecule has 0 unspecified atom stereocenters. The average molecular weight is 246 g/mol. The minimum absolute atomic E-state index is 0.171. The molecule has 2 nitrogen and oxygen atoms in total. The average Bonchev–Trinajstić information content (AvgIpc) is 2.18. The molecule has 3 heteroatoms. The molecule has 1 amide bonds. The van der Waals surface area contributed by atoms with E-state index in [9.17, 15) is 4.79 Å². The third-order valence-electron chi connectivity index (χ3n) is 3.45. The van der Waals surface area contributed by atoms with Gasteiger partial charge in [-0.15, -0.1) is 11.6 Å². The largest absolute Gasteiger partial charge is 0.356 e. The first-order valence-electron chi connectivity index (χ1n) is 6.36. The highest BCUT2D eigenvalue weighted by atomic mass is 35.5. The van der Waals surface area contributed by atoms with Gasteiger partial charge in [-0.3, -0.25) is 4.79 Å². The molecule has 0 aromatic heterocycles. The Kier molecular flexibility index (Phi) is 5.60. The van der Waals surface area contributed by atoms with Crippen LogP contribution < -0.4 is 5.32 Å². The van der Waals surface area contributed by atoms with E-state index in [4.69, 9.17) is 11.6 Å². The maximum Gasteiger partial charge on any atom is 0.220 e. The maximum atomic E-state index is 11.6. The van der Waals surface area contributed by atoms with Crippen molar-refractivity contribution in [3.63, 3.8) is 0 Å². The summed E-state index contributed by atoms with van der Waals surface area (Å²) < 4.78 is 0. The zero-order chi connectivity index (χ0) is 12.0. The van der Waals surface area contributed by atoms with E-state index in [1.807, 2.05) is 0 Å². The van der Waals surface area contributed by atoms with Crippen LogP contribution in [0.1, 0.15) is 52.4 Å². The summed E-state index contributed by atoms with van der Waals surface area (Å²) in [4.78, 5) is 11.6. The highest BCUT2D eigenvalue weighted by Gasteiger charge is 2.22. The van der Waals surface area contributed by atoms with Crippen LogP contribution in [0.3, 0.4) is 0 Å². The minimum atomic E-state index is 0.171. The van der Waals surface area contributed by atoms with E-state index in [2.05, 4.69) is 19.2 Å². The zero-order valence-electron chi connectivity index (χ0n) is 10.5. The van der Waals surface area contributed by atoms with Gasteiger partial charge in [-0.1, -0.05) is 20.3 Å². The van der Waals surface area contributed by atoms with Gasteiger partial charge >= 0.3 is 0 Å². The topological polar surface area (TPSA) is 29.1 Å². The molecule has 0 atom stereocenters. The van der Waals surface area contributed by atoms with Crippen molar-refractivity contribution >= 4 is 17.5 Å². The maximum absolute atomic E-state index is 11.6. The first kappa shape index (κ1) is 13.8. The van der Waals surface area contributed by atoms with Gasteiger partial charge in [0.15, 0.2) is 0 Å². The minimum Gasteiger partial charge on any atom is -0.356 e. The molecule has 0 radical (unpaired) electrons. The van der Waals surface area contributed by atoms with Crippen molar-refractivity contribution in [3.8, 4) is 0 Å². The van der Waals surface area contributed by atoms with Crippen LogP contribution in [-0.4, -0.2) is 18.3 Å². The van der Waals surface area contributed by atoms with Gasteiger partial charge in [0.2, 0.25) is 5.91 Å². The van der Waals surface area contributed by atoms with Crippen LogP contribution in [0.5, 0.6) is 0 Å². The molecule has 0 heterocycles. The Morgan fingerprint density at radius 2 is 2.12 bits per heavy atom. The van der Waals surface area contributed by atoms with Gasteiger partial charge in [-0.25, -0.2) is 0 Å². The van der Waals surface area contributed by atoms with Crippen LogP contribution >= 0.6 is 11.6 Å². The summed E-state index contributed by atoms with van der Waals surface area (Å²) in [6, 6.07) is 0. The van der Waals surface area contributed by atoms with Gasteiger partial charge in [0, 0.05) is 18.8 Å². The van der Waals surface area contributed by atoms with E-state index in [0.717, 1.165) is 25.8 Å². The lowest BCUT2D eigenvalue weighted by molar-refractivity contribution is -0.123. The smallest absolute Gasteiger partial charge is 0.220 e. The van der Waals surface area contributed by atoms with Crippen molar-refractivity contribution in [2.45, 2.75) is 52.4 Å². The molecule has 0 bridgehead atoms. The number of alkyl halides is 1. The quantitative estimate of drug-likeness (QED) is 0.685. The monoisotopic (exact) mass is 245 g/mol. The Hall–Kier alpha value is -0.240. The van der Waals surface area contributed by atoms with Crippen molar-refractivity contribution in [2.75, 3.05) is 12.4 Å². The summed E-state index contributed by atoms with van der Waals surface area (Å²) in [5, 5.41) is 3.05. The number of rotatable bonds is 7. The van der Waals surface area contributed by atoms with Crippen LogP contribution in [-0.2, 0) is 4.79 Å². The molecule has 94 valence electrons. The SMILES string of the molecule is CC(C)(CCCCl)CNC(=O)CC1CCC1. The van der Waals surface area contributed by atoms with Gasteiger partial charge < -0.3 is 5.32 Å². The van der Waals surface area contributed by atoms with Gasteiger partial charge in [0.1, 0.15) is 0 Å². The molecule has 1 N–H and O–H groups in total. The summed E-state index contributed by atoms with van der Waals surface area (Å²) in [6.45, 7) is 5.14. The molecule has 0 aliphatic heterocycles. The second-order valence-electron chi connectivity index (χ2n) is 5.73. The highest BCUT2D eigenvalue weighted by Crippen LogP contribution is 2.29. The predicted molar refractivity (Wildman–Crippen MR) is 68.7 cm³/mol. The third-order valence-corrected chi connectivity index (χ3v) is 3.72. The van der Waals surface area contributed by atoms with Crippen LogP contribution in [0.25, 0.3) is 0 Å². The van der Waals surface area contributed by atoms with E-state index in [1.165, 1.54) is 19.3 Å². The van der Waals surface area contributed by atoms with Crippen molar-refractivity contribution in [2.24, 2.45) is 11.3 Å². The van der Waals surface area contributed by atoms with Gasteiger partial charge in [-0.05, 0) is 37.0 Å². The molecule has 16 heavy (non-hydrogen) atoms. The Morgan fingerprint density at radius 3 is 2.62 bits per heavy atom. The van der Waals surface area contributed by atoms with E-state index in [1.54, 1.807) is 0 Å². The third kappa shape index (κ3) is 5.20. The summed E-state index contributed by atoms with van der Waals surface area (Å²) in [6.07, 6.45) is 6.60. The Bertz CT molecular complexity index is 224. The van der Waals surface area contributed by atoms with Crippen molar-refractivity contribution in [1.82, 2.24) is 5.32 Å². The standard InChI is InChI=1S/C13H24ClNO/c1-13(2,7-4-8-14)10-15-12(16)9-11-5-3-6-11/h11H,3-10H2,1-2H3,(H,15,16). The summed E-state index contributed by atoms with van der Waals surface area (Å²) >= 11 is 5.68. The van der Waals surface area contributed by atoms with Crippen molar-refractivity contribution in [1.29, 1.82) is 0 Å². The molecule has 0 saturated heterocycles. The molecule has 0 aromatic carbocycles. The molecular weight excluding hydrogens is 222 g/mol. The lowest BCUT2D eigenvalue weighted by Crippen LogP contribution is -2.35. The van der Waals surface area contributed by atoms with Gasteiger partial charge in [-0.2, -0.15) is 0 Å². The zero-order valence-corrected chi connectivity index (χ0v) is 11.3. The van der Waals surface area contributed by atoms with Crippen molar-refractivity contribution < 1.29 is 4.79 Å². The normalized spacial score (nSPS) is 16.9. The molecule has 1 aliphatic carbocycles. The second kappa shape index (κ2) is 6.48. The van der Waals surface area contributed by atoms with Crippen LogP contribution in [0.2, 0.25) is 0 Å². The van der Waals surface area contributed by atoms with Crippen LogP contribution in [0.15, 0.2) is 0 Å². The van der Waals surface area contributed by atoms with E-state index in [-0.39, 0.29) is 11.3 Å². The number of nitrogens with one attached hydrogen (secondary N) is 1. The number of hydrogen-bond acceptors (Lipinski definition) is 1. The summed E-state index contributed by atoms with van der Waals surface area (Å²) in [5.74, 6) is 1.59. The molecule has 0 spiro atoms. The second-order valence-corrected chi connectivity index (χ2v) is 6.11. The summed E-state index contributed by atoms with van der Waals surface area (Å²) in [7, 11) is 0. The molecule has 1 saturated carbocycles. The van der Waals surface area contributed by atoms with E-state index < -0.39 is 0 Å². The lowest BCUT2D eigenvalue weighted by Gasteiger charge is -2.27. The number of carbonyl (C=O) groups is 1. The predicted octanol–water partition coefficient (Wildman–Crippen LogP) is 3.34. The summed E-state index contributed by atoms with van der Waals surface area (Å²) in [5.41, 5.74) is 0.171. The number of halogens is 1. The van der Waals surface area contributed by atoms with Gasteiger partial charge in [0.05, 0.1) is 0 Å². The van der Waals surface area contributed by atoms with Crippen LogP contribution in [0.4, 0.5) is 0 Å². The fourth-order valence-corrected chi connectivity index (χ4v) is 2.14. The molecule has 1 fully saturated rings. The molecule has 1 rings (SSSR count).